The summed E-state index contributed by atoms with van der Waals surface area (Å²) in [5, 5.41) is 7.68. The number of benzene rings is 1. The topological polar surface area (TPSA) is 65.4 Å². The number of methoxy groups -OCH3 is 1. The van der Waals surface area contributed by atoms with Crippen LogP contribution in [0, 0.1) is 0 Å². The van der Waals surface area contributed by atoms with E-state index in [1.165, 1.54) is 37.1 Å². The zero-order valence-corrected chi connectivity index (χ0v) is 15.1. The molecule has 138 valence electrons. The third-order valence-corrected chi connectivity index (χ3v) is 4.88. The van der Waals surface area contributed by atoms with Gasteiger partial charge in [-0.1, -0.05) is 6.07 Å². The van der Waals surface area contributed by atoms with Crippen molar-refractivity contribution in [3.8, 4) is 11.5 Å². The summed E-state index contributed by atoms with van der Waals surface area (Å²) in [4.78, 5) is 12.0. The number of aromatic nitrogens is 2. The van der Waals surface area contributed by atoms with E-state index in [4.69, 9.17) is 14.6 Å². The molecule has 2 aliphatic rings. The summed E-state index contributed by atoms with van der Waals surface area (Å²) < 4.78 is 12.8. The minimum absolute atomic E-state index is 0.00488. The van der Waals surface area contributed by atoms with Crippen LogP contribution < -0.4 is 14.8 Å². The van der Waals surface area contributed by atoms with Gasteiger partial charge in [0.25, 0.3) is 5.91 Å². The lowest BCUT2D eigenvalue weighted by atomic mass is 10.2. The second-order valence-electron chi connectivity index (χ2n) is 7.08. The standard InChI is InChI=1S/C20H25N3O3/c1-25-16-3-2-4-17(11-16)26-13-20(24)21-9-10-23-19(15-7-8-15)12-18(22-23)14-5-6-14/h2-4,11-12,14-15H,5-10,13H2,1H3,(H,21,24). The monoisotopic (exact) mass is 355 g/mol. The highest BCUT2D eigenvalue weighted by Gasteiger charge is 2.32. The molecule has 1 heterocycles. The summed E-state index contributed by atoms with van der Waals surface area (Å²) in [6.45, 7) is 1.27. The second kappa shape index (κ2) is 7.40. The summed E-state index contributed by atoms with van der Waals surface area (Å²) >= 11 is 0. The number of rotatable bonds is 9. The van der Waals surface area contributed by atoms with Gasteiger partial charge in [0.15, 0.2) is 6.61 Å². The molecule has 1 aromatic carbocycles. The van der Waals surface area contributed by atoms with Crippen LogP contribution in [0.5, 0.6) is 11.5 Å². The van der Waals surface area contributed by atoms with E-state index < -0.39 is 0 Å². The van der Waals surface area contributed by atoms with E-state index in [-0.39, 0.29) is 12.5 Å². The molecule has 1 amide bonds. The van der Waals surface area contributed by atoms with E-state index in [0.29, 0.717) is 36.4 Å². The van der Waals surface area contributed by atoms with Crippen LogP contribution in [0.3, 0.4) is 0 Å². The SMILES string of the molecule is COc1cccc(OCC(=O)NCCn2nc(C3CC3)cc2C2CC2)c1. The number of amides is 1. The fourth-order valence-corrected chi connectivity index (χ4v) is 3.11. The number of hydrogen-bond donors (Lipinski definition) is 1. The first kappa shape index (κ1) is 16.9. The summed E-state index contributed by atoms with van der Waals surface area (Å²) in [5.41, 5.74) is 2.58. The Bertz CT molecular complexity index is 778. The molecule has 0 bridgehead atoms. The predicted octanol–water partition coefficient (Wildman–Crippen LogP) is 2.84. The molecule has 2 fully saturated rings. The van der Waals surface area contributed by atoms with Crippen LogP contribution >= 0.6 is 0 Å². The van der Waals surface area contributed by atoms with E-state index in [2.05, 4.69) is 16.1 Å². The van der Waals surface area contributed by atoms with E-state index in [9.17, 15) is 4.79 Å². The normalized spacial score (nSPS) is 16.3. The zero-order chi connectivity index (χ0) is 17.9. The summed E-state index contributed by atoms with van der Waals surface area (Å²) in [6, 6.07) is 9.52. The van der Waals surface area contributed by atoms with Crippen LogP contribution in [0.2, 0.25) is 0 Å². The van der Waals surface area contributed by atoms with Gasteiger partial charge < -0.3 is 14.8 Å². The van der Waals surface area contributed by atoms with Crippen molar-refractivity contribution in [3.05, 3.63) is 41.7 Å². The van der Waals surface area contributed by atoms with Crippen molar-refractivity contribution in [3.63, 3.8) is 0 Å². The minimum Gasteiger partial charge on any atom is -0.497 e. The van der Waals surface area contributed by atoms with Gasteiger partial charge in [-0.2, -0.15) is 5.10 Å². The largest absolute Gasteiger partial charge is 0.497 e. The molecule has 1 aromatic heterocycles. The smallest absolute Gasteiger partial charge is 0.258 e. The average molecular weight is 355 g/mol. The van der Waals surface area contributed by atoms with E-state index in [0.717, 1.165) is 0 Å². The van der Waals surface area contributed by atoms with Crippen molar-refractivity contribution in [2.75, 3.05) is 20.3 Å². The Labute approximate surface area is 153 Å². The molecular weight excluding hydrogens is 330 g/mol. The fraction of sp³-hybridized carbons (Fsp3) is 0.500. The maximum atomic E-state index is 12.0. The van der Waals surface area contributed by atoms with Crippen LogP contribution in [-0.2, 0) is 11.3 Å². The number of carbonyl (C=O) groups is 1. The Hall–Kier alpha value is -2.50. The molecule has 4 rings (SSSR count). The van der Waals surface area contributed by atoms with Gasteiger partial charge in [-0.3, -0.25) is 9.48 Å². The summed E-state index contributed by atoms with van der Waals surface area (Å²) in [7, 11) is 1.60. The predicted molar refractivity (Wildman–Crippen MR) is 97.7 cm³/mol. The van der Waals surface area contributed by atoms with E-state index in [1.807, 2.05) is 12.1 Å². The minimum atomic E-state index is -0.129. The third kappa shape index (κ3) is 4.18. The number of ether oxygens (including phenoxy) is 2. The van der Waals surface area contributed by atoms with Gasteiger partial charge in [0, 0.05) is 30.1 Å². The highest BCUT2D eigenvalue weighted by Crippen LogP contribution is 2.44. The van der Waals surface area contributed by atoms with E-state index >= 15 is 0 Å². The Kier molecular flexibility index (Phi) is 4.82. The Balaban J connectivity index is 1.24. The molecular formula is C20H25N3O3. The van der Waals surface area contributed by atoms with Gasteiger partial charge in [-0.15, -0.1) is 0 Å². The Morgan fingerprint density at radius 3 is 2.69 bits per heavy atom. The van der Waals surface area contributed by atoms with Crippen molar-refractivity contribution in [2.24, 2.45) is 0 Å². The number of carbonyl (C=O) groups excluding carboxylic acids is 1. The van der Waals surface area contributed by atoms with Gasteiger partial charge >= 0.3 is 0 Å². The summed E-state index contributed by atoms with van der Waals surface area (Å²) in [6.07, 6.45) is 5.05. The molecule has 0 aliphatic heterocycles. The average Bonchev–Trinajstić information content (AvgIpc) is 3.59. The second-order valence-corrected chi connectivity index (χ2v) is 7.08. The van der Waals surface area contributed by atoms with Crippen LogP contribution in [0.1, 0.15) is 48.9 Å². The van der Waals surface area contributed by atoms with Crippen molar-refractivity contribution in [1.82, 2.24) is 15.1 Å². The lowest BCUT2D eigenvalue weighted by molar-refractivity contribution is -0.123. The molecule has 0 atom stereocenters. The Morgan fingerprint density at radius 2 is 1.96 bits per heavy atom. The highest BCUT2D eigenvalue weighted by molar-refractivity contribution is 5.77. The first-order valence-corrected chi connectivity index (χ1v) is 9.34. The molecule has 6 heteroatoms. The maximum absolute atomic E-state index is 12.0. The van der Waals surface area contributed by atoms with Crippen molar-refractivity contribution < 1.29 is 14.3 Å². The Morgan fingerprint density at radius 1 is 1.19 bits per heavy atom. The van der Waals surface area contributed by atoms with Gasteiger partial charge in [0.1, 0.15) is 11.5 Å². The van der Waals surface area contributed by atoms with Gasteiger partial charge in [0.2, 0.25) is 0 Å². The molecule has 1 N–H and O–H groups in total. The molecule has 2 saturated carbocycles. The number of nitrogens with one attached hydrogen (secondary N) is 1. The first-order valence-electron chi connectivity index (χ1n) is 9.34. The first-order chi connectivity index (χ1) is 12.7. The van der Waals surface area contributed by atoms with Crippen LogP contribution in [0.15, 0.2) is 30.3 Å². The van der Waals surface area contributed by atoms with Gasteiger partial charge in [-0.05, 0) is 43.9 Å². The maximum Gasteiger partial charge on any atom is 0.258 e. The van der Waals surface area contributed by atoms with Crippen molar-refractivity contribution >= 4 is 5.91 Å². The summed E-state index contributed by atoms with van der Waals surface area (Å²) in [5.74, 6) is 2.54. The molecule has 0 saturated heterocycles. The van der Waals surface area contributed by atoms with Crippen LogP contribution in [0.25, 0.3) is 0 Å². The van der Waals surface area contributed by atoms with Crippen LogP contribution in [-0.4, -0.2) is 35.9 Å². The molecule has 6 nitrogen and oxygen atoms in total. The lowest BCUT2D eigenvalue weighted by Gasteiger charge is -2.10. The van der Waals surface area contributed by atoms with E-state index in [1.54, 1.807) is 19.2 Å². The quantitative estimate of drug-likeness (QED) is 0.751. The molecule has 0 spiro atoms. The molecule has 0 radical (unpaired) electrons. The fourth-order valence-electron chi connectivity index (χ4n) is 3.11. The molecule has 2 aromatic rings. The molecule has 0 unspecified atom stereocenters. The number of hydrogen-bond acceptors (Lipinski definition) is 4. The van der Waals surface area contributed by atoms with Crippen molar-refractivity contribution in [1.29, 1.82) is 0 Å². The zero-order valence-electron chi connectivity index (χ0n) is 15.1. The highest BCUT2D eigenvalue weighted by atomic mass is 16.5. The van der Waals surface area contributed by atoms with Crippen LogP contribution in [0.4, 0.5) is 0 Å². The van der Waals surface area contributed by atoms with Gasteiger partial charge in [0.05, 0.1) is 19.3 Å². The lowest BCUT2D eigenvalue weighted by Crippen LogP contribution is -2.32. The van der Waals surface area contributed by atoms with Crippen molar-refractivity contribution in [2.45, 2.75) is 44.1 Å². The molecule has 26 heavy (non-hydrogen) atoms. The third-order valence-electron chi connectivity index (χ3n) is 4.88. The molecule has 2 aliphatic carbocycles. The van der Waals surface area contributed by atoms with Gasteiger partial charge in [-0.25, -0.2) is 0 Å². The number of nitrogens with zero attached hydrogens (tertiary/aromatic N) is 2.